The molecule has 1 aliphatic heterocycles. The molecule has 2 rings (SSSR count). The minimum Gasteiger partial charge on any atom is -0.466 e. The summed E-state index contributed by atoms with van der Waals surface area (Å²) in [7, 11) is 2.20. The molecule has 102 valence electrons. The second kappa shape index (κ2) is 6.73. The largest absolute Gasteiger partial charge is 0.466 e. The molecule has 0 aliphatic carbocycles. The average Bonchev–Trinajstić information content (AvgIpc) is 2.76. The lowest BCUT2D eigenvalue weighted by Crippen LogP contribution is -2.40. The number of halogens is 1. The first kappa shape index (κ1) is 14.1. The molecular formula is C14H23BrN2O. The van der Waals surface area contributed by atoms with Crippen LogP contribution in [0.4, 0.5) is 0 Å². The zero-order valence-electron chi connectivity index (χ0n) is 11.3. The topological polar surface area (TPSA) is 28.4 Å². The quantitative estimate of drug-likeness (QED) is 0.844. The zero-order chi connectivity index (χ0) is 13.0. The van der Waals surface area contributed by atoms with Crippen LogP contribution in [-0.2, 0) is 0 Å². The third-order valence-corrected chi connectivity index (χ3v) is 4.41. The van der Waals surface area contributed by atoms with Gasteiger partial charge in [-0.3, -0.25) is 4.90 Å². The SMILES string of the molecule is CCCNCC1CCCN(C)C1c1occc1Br. The Morgan fingerprint density at radius 1 is 1.56 bits per heavy atom. The Morgan fingerprint density at radius 2 is 2.39 bits per heavy atom. The van der Waals surface area contributed by atoms with Crippen molar-refractivity contribution in [2.24, 2.45) is 5.92 Å². The van der Waals surface area contributed by atoms with Crippen LogP contribution in [0.3, 0.4) is 0 Å². The van der Waals surface area contributed by atoms with Gasteiger partial charge in [0.2, 0.25) is 0 Å². The van der Waals surface area contributed by atoms with Crippen molar-refractivity contribution in [1.82, 2.24) is 10.2 Å². The predicted molar refractivity (Wildman–Crippen MR) is 77.7 cm³/mol. The van der Waals surface area contributed by atoms with Crippen molar-refractivity contribution in [2.45, 2.75) is 32.2 Å². The average molecular weight is 315 g/mol. The van der Waals surface area contributed by atoms with Gasteiger partial charge in [-0.15, -0.1) is 0 Å². The Balaban J connectivity index is 2.08. The van der Waals surface area contributed by atoms with Crippen molar-refractivity contribution >= 4 is 15.9 Å². The van der Waals surface area contributed by atoms with Gasteiger partial charge in [0.05, 0.1) is 16.8 Å². The van der Waals surface area contributed by atoms with E-state index in [0.717, 1.165) is 29.9 Å². The summed E-state index contributed by atoms with van der Waals surface area (Å²) in [4.78, 5) is 2.42. The maximum Gasteiger partial charge on any atom is 0.135 e. The molecule has 4 heteroatoms. The summed E-state index contributed by atoms with van der Waals surface area (Å²) in [5, 5.41) is 3.55. The summed E-state index contributed by atoms with van der Waals surface area (Å²) in [5.41, 5.74) is 0. The molecule has 1 aromatic heterocycles. The lowest BCUT2D eigenvalue weighted by Gasteiger charge is -2.38. The first-order valence-electron chi connectivity index (χ1n) is 6.88. The van der Waals surface area contributed by atoms with E-state index in [-0.39, 0.29) is 0 Å². The normalized spacial score (nSPS) is 25.5. The van der Waals surface area contributed by atoms with Crippen LogP contribution in [0.25, 0.3) is 0 Å². The molecule has 1 aliphatic rings. The Kier molecular flexibility index (Phi) is 5.27. The Morgan fingerprint density at radius 3 is 3.06 bits per heavy atom. The van der Waals surface area contributed by atoms with E-state index in [4.69, 9.17) is 4.42 Å². The highest BCUT2D eigenvalue weighted by Crippen LogP contribution is 2.38. The Bertz CT molecular complexity index is 366. The molecule has 0 spiro atoms. The summed E-state index contributed by atoms with van der Waals surface area (Å²) < 4.78 is 6.79. The molecule has 2 unspecified atom stereocenters. The van der Waals surface area contributed by atoms with Crippen LogP contribution in [0.15, 0.2) is 21.2 Å². The molecule has 18 heavy (non-hydrogen) atoms. The smallest absolute Gasteiger partial charge is 0.135 e. The van der Waals surface area contributed by atoms with Gasteiger partial charge in [-0.1, -0.05) is 6.92 Å². The van der Waals surface area contributed by atoms with Crippen molar-refractivity contribution < 1.29 is 4.42 Å². The second-order valence-electron chi connectivity index (χ2n) is 5.16. The number of nitrogens with zero attached hydrogens (tertiary/aromatic N) is 1. The van der Waals surface area contributed by atoms with E-state index in [2.05, 4.69) is 40.1 Å². The molecule has 0 saturated carbocycles. The van der Waals surface area contributed by atoms with Crippen molar-refractivity contribution in [3.8, 4) is 0 Å². The molecule has 0 aromatic carbocycles. The standard InChI is InChI=1S/C14H23BrN2O/c1-3-7-16-10-11-5-4-8-17(2)13(11)14-12(15)6-9-18-14/h6,9,11,13,16H,3-5,7-8,10H2,1-2H3. The fraction of sp³-hybridized carbons (Fsp3) is 0.714. The van der Waals surface area contributed by atoms with Crippen LogP contribution in [0, 0.1) is 5.92 Å². The first-order chi connectivity index (χ1) is 8.74. The van der Waals surface area contributed by atoms with E-state index < -0.39 is 0 Å². The highest BCUT2D eigenvalue weighted by Gasteiger charge is 2.33. The van der Waals surface area contributed by atoms with E-state index in [1.54, 1.807) is 6.26 Å². The zero-order valence-corrected chi connectivity index (χ0v) is 12.9. The molecular weight excluding hydrogens is 292 g/mol. The van der Waals surface area contributed by atoms with Crippen molar-refractivity contribution in [1.29, 1.82) is 0 Å². The molecule has 0 bridgehead atoms. The molecule has 1 fully saturated rings. The molecule has 1 aromatic rings. The van der Waals surface area contributed by atoms with E-state index in [1.807, 2.05) is 6.07 Å². The van der Waals surface area contributed by atoms with Gasteiger partial charge >= 0.3 is 0 Å². The number of likely N-dealkylation sites (tertiary alicyclic amines) is 1. The van der Waals surface area contributed by atoms with Gasteiger partial charge in [-0.2, -0.15) is 0 Å². The highest BCUT2D eigenvalue weighted by molar-refractivity contribution is 9.10. The third-order valence-electron chi connectivity index (χ3n) is 3.75. The summed E-state index contributed by atoms with van der Waals surface area (Å²) in [6.45, 7) is 5.55. The van der Waals surface area contributed by atoms with Gasteiger partial charge < -0.3 is 9.73 Å². The van der Waals surface area contributed by atoms with Crippen LogP contribution in [0.1, 0.15) is 38.0 Å². The lowest BCUT2D eigenvalue weighted by molar-refractivity contribution is 0.100. The number of rotatable bonds is 5. The summed E-state index contributed by atoms with van der Waals surface area (Å²) in [5.74, 6) is 1.72. The Hall–Kier alpha value is -0.320. The van der Waals surface area contributed by atoms with Gasteiger partial charge in [-0.05, 0) is 73.9 Å². The van der Waals surface area contributed by atoms with Gasteiger partial charge in [0, 0.05) is 0 Å². The summed E-state index contributed by atoms with van der Waals surface area (Å²) in [6.07, 6.45) is 5.53. The highest BCUT2D eigenvalue weighted by atomic mass is 79.9. The lowest BCUT2D eigenvalue weighted by atomic mass is 9.88. The van der Waals surface area contributed by atoms with Crippen LogP contribution < -0.4 is 5.32 Å². The molecule has 2 heterocycles. The van der Waals surface area contributed by atoms with Crippen LogP contribution >= 0.6 is 15.9 Å². The monoisotopic (exact) mass is 314 g/mol. The second-order valence-corrected chi connectivity index (χ2v) is 6.02. The molecule has 1 saturated heterocycles. The van der Waals surface area contributed by atoms with E-state index in [0.29, 0.717) is 12.0 Å². The van der Waals surface area contributed by atoms with Crippen molar-refractivity contribution in [3.63, 3.8) is 0 Å². The van der Waals surface area contributed by atoms with Crippen molar-refractivity contribution in [3.05, 3.63) is 22.6 Å². The van der Waals surface area contributed by atoms with E-state index in [9.17, 15) is 0 Å². The number of hydrogen-bond donors (Lipinski definition) is 1. The fourth-order valence-electron chi connectivity index (χ4n) is 2.87. The predicted octanol–water partition coefficient (Wildman–Crippen LogP) is 3.42. The van der Waals surface area contributed by atoms with Crippen molar-refractivity contribution in [2.75, 3.05) is 26.7 Å². The fourth-order valence-corrected chi connectivity index (χ4v) is 3.30. The molecule has 0 radical (unpaired) electrons. The van der Waals surface area contributed by atoms with Gasteiger partial charge in [-0.25, -0.2) is 0 Å². The minimum absolute atomic E-state index is 0.396. The number of piperidine rings is 1. The maximum atomic E-state index is 5.69. The van der Waals surface area contributed by atoms with E-state index >= 15 is 0 Å². The van der Waals surface area contributed by atoms with Crippen LogP contribution in [-0.4, -0.2) is 31.6 Å². The maximum absolute atomic E-state index is 5.69. The molecule has 1 N–H and O–H groups in total. The molecule has 2 atom stereocenters. The van der Waals surface area contributed by atoms with Crippen LogP contribution in [0.5, 0.6) is 0 Å². The first-order valence-corrected chi connectivity index (χ1v) is 7.67. The van der Waals surface area contributed by atoms with E-state index in [1.165, 1.54) is 19.3 Å². The minimum atomic E-state index is 0.396. The number of nitrogens with one attached hydrogen (secondary N) is 1. The molecule has 3 nitrogen and oxygen atoms in total. The number of furan rings is 1. The summed E-state index contributed by atoms with van der Waals surface area (Å²) >= 11 is 3.60. The van der Waals surface area contributed by atoms with Gasteiger partial charge in [0.15, 0.2) is 0 Å². The number of hydrogen-bond acceptors (Lipinski definition) is 3. The van der Waals surface area contributed by atoms with Gasteiger partial charge in [0.1, 0.15) is 5.76 Å². The molecule has 0 amide bonds. The third kappa shape index (κ3) is 3.16. The Labute approximate surface area is 118 Å². The summed E-state index contributed by atoms with van der Waals surface area (Å²) in [6, 6.07) is 2.39. The van der Waals surface area contributed by atoms with Crippen LogP contribution in [0.2, 0.25) is 0 Å². The van der Waals surface area contributed by atoms with Gasteiger partial charge in [0.25, 0.3) is 0 Å².